The van der Waals surface area contributed by atoms with Crippen molar-refractivity contribution in [1.29, 1.82) is 0 Å². The molecular formula is C16H25BN4O4. The van der Waals surface area contributed by atoms with Crippen LogP contribution in [0, 0.1) is 0 Å². The van der Waals surface area contributed by atoms with E-state index in [0.717, 1.165) is 5.47 Å². The Bertz CT molecular complexity index is 675. The highest BCUT2D eigenvalue weighted by Crippen LogP contribution is 2.38. The number of aromatic nitrogens is 2. The monoisotopic (exact) mass is 348 g/mol. The van der Waals surface area contributed by atoms with Crippen molar-refractivity contribution in [3.63, 3.8) is 0 Å². The quantitative estimate of drug-likeness (QED) is 0.770. The number of methoxy groups -OCH3 is 1. The van der Waals surface area contributed by atoms with Crippen LogP contribution < -0.4 is 15.8 Å². The molecule has 1 amide bonds. The molecule has 1 aliphatic heterocycles. The minimum atomic E-state index is -0.609. The third kappa shape index (κ3) is 4.29. The molecule has 0 unspecified atom stereocenters. The Balaban J connectivity index is 2.35. The lowest BCUT2D eigenvalue weighted by Crippen LogP contribution is -2.41. The van der Waals surface area contributed by atoms with Crippen molar-refractivity contribution in [3.05, 3.63) is 17.4 Å². The number of carbonyl (C=O) groups excluding carboxylic acids is 1. The number of nitrogens with two attached hydrogens (primary N) is 1. The predicted octanol–water partition coefficient (Wildman–Crippen LogP) is 1.22. The van der Waals surface area contributed by atoms with Crippen LogP contribution in [-0.4, -0.2) is 47.9 Å². The molecule has 0 saturated carbocycles. The number of rotatable bonds is 5. The Labute approximate surface area is 148 Å². The van der Waals surface area contributed by atoms with Crippen molar-refractivity contribution in [2.75, 3.05) is 19.4 Å². The second-order valence-electron chi connectivity index (χ2n) is 6.91. The van der Waals surface area contributed by atoms with Crippen molar-refractivity contribution in [2.45, 2.75) is 45.8 Å². The highest BCUT2D eigenvalue weighted by Gasteiger charge is 2.52. The fraction of sp³-hybridized carbons (Fsp3) is 0.562. The lowest BCUT2D eigenvalue weighted by molar-refractivity contribution is -0.118. The summed E-state index contributed by atoms with van der Waals surface area (Å²) in [7, 11) is 0.863. The number of nitrogens with one attached hydrogen (secondary N) is 1. The lowest BCUT2D eigenvalue weighted by Gasteiger charge is -2.32. The van der Waals surface area contributed by atoms with Gasteiger partial charge >= 0.3 is 7.12 Å². The first-order chi connectivity index (χ1) is 11.6. The van der Waals surface area contributed by atoms with Crippen LogP contribution in [0.25, 0.3) is 6.08 Å². The predicted molar refractivity (Wildman–Crippen MR) is 95.7 cm³/mol. The van der Waals surface area contributed by atoms with E-state index in [1.165, 1.54) is 20.2 Å². The number of amides is 1. The third-order valence-electron chi connectivity index (χ3n) is 4.41. The molecule has 0 bridgehead atoms. The third-order valence-corrected chi connectivity index (χ3v) is 4.41. The normalized spacial score (nSPS) is 19.0. The average Bonchev–Trinajstić information content (AvgIpc) is 2.73. The summed E-state index contributed by atoms with van der Waals surface area (Å²) in [5.41, 5.74) is 5.97. The number of nitrogens with zero attached hydrogens (tertiary/aromatic N) is 2. The average molecular weight is 348 g/mol. The van der Waals surface area contributed by atoms with Crippen molar-refractivity contribution in [3.8, 4) is 5.88 Å². The molecule has 1 aliphatic rings. The van der Waals surface area contributed by atoms with E-state index in [2.05, 4.69) is 15.3 Å². The summed E-state index contributed by atoms with van der Waals surface area (Å²) in [5, 5.41) is 2.77. The largest absolute Gasteiger partial charge is 0.492 e. The molecular weight excluding hydrogens is 323 g/mol. The van der Waals surface area contributed by atoms with Crippen LogP contribution in [0.2, 0.25) is 0 Å². The fourth-order valence-electron chi connectivity index (χ4n) is 2.23. The number of hydrogen-bond donors (Lipinski definition) is 2. The molecule has 3 N–H and O–H groups in total. The molecule has 2 rings (SSSR count). The van der Waals surface area contributed by atoms with Gasteiger partial charge in [0.15, 0.2) is 5.82 Å². The fourth-order valence-corrected chi connectivity index (χ4v) is 2.23. The van der Waals surface area contributed by atoms with Crippen molar-refractivity contribution < 1.29 is 18.8 Å². The smallest absolute Gasteiger partial charge is 0.478 e. The molecule has 8 nitrogen and oxygen atoms in total. The zero-order valence-electron chi connectivity index (χ0n) is 15.5. The number of anilines is 1. The minimum Gasteiger partial charge on any atom is -0.478 e. The van der Waals surface area contributed by atoms with Crippen LogP contribution in [-0.2, 0) is 14.1 Å². The van der Waals surface area contributed by atoms with Gasteiger partial charge in [0.2, 0.25) is 5.91 Å². The summed E-state index contributed by atoms with van der Waals surface area (Å²) in [4.78, 5) is 19.7. The van der Waals surface area contributed by atoms with E-state index in [1.54, 1.807) is 6.08 Å². The maximum absolute atomic E-state index is 11.3. The number of hydrogen-bond acceptors (Lipinski definition) is 7. The van der Waals surface area contributed by atoms with Gasteiger partial charge in [-0.05, 0) is 39.2 Å². The molecule has 1 aromatic heterocycles. The highest BCUT2D eigenvalue weighted by atomic mass is 16.7. The summed E-state index contributed by atoms with van der Waals surface area (Å²) < 4.78 is 17.2. The van der Waals surface area contributed by atoms with Crippen LogP contribution >= 0.6 is 0 Å². The first-order valence-electron chi connectivity index (χ1n) is 8.03. The van der Waals surface area contributed by atoms with Gasteiger partial charge in [-0.15, -0.1) is 0 Å². The van der Waals surface area contributed by atoms with Crippen molar-refractivity contribution >= 4 is 24.9 Å². The van der Waals surface area contributed by atoms with Gasteiger partial charge in [-0.1, -0.05) is 0 Å². The SMILES string of the molecule is COc1nc(C=C(CNC(C)=O)B2OC(C)(C)C(C)(C)O2)cnc1N. The molecule has 1 fully saturated rings. The Morgan fingerprint density at radius 2 is 1.96 bits per heavy atom. The van der Waals surface area contributed by atoms with Crippen LogP contribution in [0.4, 0.5) is 5.82 Å². The maximum Gasteiger partial charge on any atom is 0.492 e. The van der Waals surface area contributed by atoms with Crippen LogP contribution in [0.3, 0.4) is 0 Å². The zero-order valence-corrected chi connectivity index (χ0v) is 15.5. The molecule has 2 heterocycles. The highest BCUT2D eigenvalue weighted by molar-refractivity contribution is 6.56. The number of ether oxygens (including phenoxy) is 1. The van der Waals surface area contributed by atoms with Crippen LogP contribution in [0.5, 0.6) is 5.88 Å². The zero-order chi connectivity index (χ0) is 18.8. The van der Waals surface area contributed by atoms with E-state index in [0.29, 0.717) is 5.69 Å². The van der Waals surface area contributed by atoms with Gasteiger partial charge in [0.25, 0.3) is 5.88 Å². The maximum atomic E-state index is 11.3. The van der Waals surface area contributed by atoms with E-state index in [-0.39, 0.29) is 24.1 Å². The molecule has 136 valence electrons. The lowest BCUT2D eigenvalue weighted by atomic mass is 9.77. The van der Waals surface area contributed by atoms with Gasteiger partial charge in [-0.2, -0.15) is 0 Å². The molecule has 0 aliphatic carbocycles. The summed E-state index contributed by atoms with van der Waals surface area (Å²) in [5.74, 6) is 0.295. The molecule has 0 radical (unpaired) electrons. The van der Waals surface area contributed by atoms with Gasteiger partial charge in [0, 0.05) is 13.5 Å². The number of carbonyl (C=O) groups is 1. The van der Waals surface area contributed by atoms with Gasteiger partial charge < -0.3 is 25.1 Å². The molecule has 0 spiro atoms. The van der Waals surface area contributed by atoms with E-state index in [9.17, 15) is 4.79 Å². The van der Waals surface area contributed by atoms with E-state index in [4.69, 9.17) is 19.8 Å². The molecule has 1 aromatic rings. The van der Waals surface area contributed by atoms with E-state index < -0.39 is 18.3 Å². The number of nitrogen functional groups attached to an aromatic ring is 1. The topological polar surface area (TPSA) is 109 Å². The van der Waals surface area contributed by atoms with Gasteiger partial charge in [0.1, 0.15) is 0 Å². The van der Waals surface area contributed by atoms with E-state index in [1.807, 2.05) is 27.7 Å². The van der Waals surface area contributed by atoms with Crippen LogP contribution in [0.1, 0.15) is 40.3 Å². The Hall–Kier alpha value is -2.13. The summed E-state index contributed by atoms with van der Waals surface area (Å²) in [6, 6.07) is 0. The van der Waals surface area contributed by atoms with Gasteiger partial charge in [0.05, 0.1) is 30.2 Å². The molecule has 9 heteroatoms. The standard InChI is InChI=1S/C16H25BN4O4/c1-10(22)19-8-11(17-24-15(2,3)16(4,5)25-17)7-12-9-20-13(18)14(21-12)23-6/h7,9H,8H2,1-6H3,(H2,18,20)(H,19,22). The first-order valence-corrected chi connectivity index (χ1v) is 8.03. The minimum absolute atomic E-state index is 0.150. The van der Waals surface area contributed by atoms with Crippen LogP contribution in [0.15, 0.2) is 11.7 Å². The summed E-state index contributed by atoms with van der Waals surface area (Å²) in [6.45, 7) is 9.59. The molecule has 25 heavy (non-hydrogen) atoms. The van der Waals surface area contributed by atoms with Crippen molar-refractivity contribution in [1.82, 2.24) is 15.3 Å². The van der Waals surface area contributed by atoms with Crippen molar-refractivity contribution in [2.24, 2.45) is 0 Å². The van der Waals surface area contributed by atoms with Gasteiger partial charge in [-0.3, -0.25) is 4.79 Å². The molecule has 0 aromatic carbocycles. The second kappa shape index (κ2) is 7.01. The summed E-state index contributed by atoms with van der Waals surface area (Å²) in [6.07, 6.45) is 3.28. The Morgan fingerprint density at radius 3 is 2.48 bits per heavy atom. The molecule has 1 saturated heterocycles. The summed E-state index contributed by atoms with van der Waals surface area (Å²) >= 11 is 0. The second-order valence-corrected chi connectivity index (χ2v) is 6.91. The Kier molecular flexibility index (Phi) is 5.38. The first kappa shape index (κ1) is 19.2. The Morgan fingerprint density at radius 1 is 1.36 bits per heavy atom. The molecule has 0 atom stereocenters. The van der Waals surface area contributed by atoms with Gasteiger partial charge in [-0.25, -0.2) is 9.97 Å². The van der Waals surface area contributed by atoms with E-state index >= 15 is 0 Å².